The van der Waals surface area contributed by atoms with E-state index < -0.39 is 6.10 Å². The Bertz CT molecular complexity index is 348. The number of benzene rings is 1. The van der Waals surface area contributed by atoms with Gasteiger partial charge in [0.15, 0.2) is 0 Å². The Labute approximate surface area is 97.3 Å². The molecule has 0 saturated carbocycles. The van der Waals surface area contributed by atoms with Crippen molar-refractivity contribution in [2.24, 2.45) is 5.92 Å². The molecule has 3 atom stereocenters. The minimum Gasteiger partial charge on any atom is -0.386 e. The van der Waals surface area contributed by atoms with E-state index in [4.69, 9.17) is 4.74 Å². The van der Waals surface area contributed by atoms with Crippen LogP contribution in [0.1, 0.15) is 37.5 Å². The van der Waals surface area contributed by atoms with Crippen LogP contribution in [0.3, 0.4) is 0 Å². The van der Waals surface area contributed by atoms with Gasteiger partial charge in [0.05, 0.1) is 6.10 Å². The normalized spacial score (nSPS) is 26.9. The van der Waals surface area contributed by atoms with Crippen LogP contribution < -0.4 is 0 Å². The van der Waals surface area contributed by atoms with Crippen LogP contribution in [0.2, 0.25) is 0 Å². The van der Waals surface area contributed by atoms with Crippen molar-refractivity contribution in [1.29, 1.82) is 0 Å². The number of rotatable bonds is 3. The highest BCUT2D eigenvalue weighted by molar-refractivity contribution is 5.26. The minimum atomic E-state index is -0.482. The van der Waals surface area contributed by atoms with Crippen molar-refractivity contribution in [3.05, 3.63) is 35.4 Å². The first-order chi connectivity index (χ1) is 7.72. The molecule has 0 radical (unpaired) electrons. The molecule has 0 amide bonds. The monoisotopic (exact) mass is 220 g/mol. The van der Waals surface area contributed by atoms with Gasteiger partial charge >= 0.3 is 0 Å². The predicted octanol–water partition coefficient (Wildman–Crippen LogP) is 2.71. The van der Waals surface area contributed by atoms with Gasteiger partial charge in [0.2, 0.25) is 0 Å². The van der Waals surface area contributed by atoms with Crippen LogP contribution in [0.5, 0.6) is 0 Å². The average molecular weight is 220 g/mol. The van der Waals surface area contributed by atoms with Crippen LogP contribution in [-0.2, 0) is 11.2 Å². The van der Waals surface area contributed by atoms with Gasteiger partial charge in [-0.15, -0.1) is 0 Å². The Morgan fingerprint density at radius 2 is 2.31 bits per heavy atom. The van der Waals surface area contributed by atoms with Crippen molar-refractivity contribution in [3.8, 4) is 0 Å². The van der Waals surface area contributed by atoms with E-state index in [0.717, 1.165) is 25.0 Å². The van der Waals surface area contributed by atoms with Gasteiger partial charge in [0.25, 0.3) is 0 Å². The Kier molecular flexibility index (Phi) is 3.62. The maximum Gasteiger partial charge on any atom is 0.105 e. The lowest BCUT2D eigenvalue weighted by Gasteiger charge is -2.22. The maximum atomic E-state index is 10.3. The summed E-state index contributed by atoms with van der Waals surface area (Å²) in [6.45, 7) is 5.04. The van der Waals surface area contributed by atoms with E-state index in [2.05, 4.69) is 26.0 Å². The number of hydrogen-bond donors (Lipinski definition) is 1. The smallest absolute Gasteiger partial charge is 0.105 e. The molecule has 2 nitrogen and oxygen atoms in total. The van der Waals surface area contributed by atoms with Crippen molar-refractivity contribution < 1.29 is 9.84 Å². The molecule has 1 aromatic carbocycles. The van der Waals surface area contributed by atoms with Crippen LogP contribution in [0, 0.1) is 5.92 Å². The maximum absolute atomic E-state index is 10.3. The number of aliphatic hydroxyl groups is 1. The van der Waals surface area contributed by atoms with Crippen LogP contribution in [-0.4, -0.2) is 17.8 Å². The molecule has 1 aliphatic rings. The Morgan fingerprint density at radius 1 is 1.50 bits per heavy atom. The lowest BCUT2D eigenvalue weighted by atomic mass is 9.94. The van der Waals surface area contributed by atoms with Crippen LogP contribution in [0.4, 0.5) is 0 Å². The Hall–Kier alpha value is -0.860. The highest BCUT2D eigenvalue weighted by Gasteiger charge is 2.31. The fourth-order valence-electron chi connectivity index (χ4n) is 2.31. The number of ether oxygens (including phenoxy) is 1. The molecule has 1 aliphatic heterocycles. The molecule has 1 saturated heterocycles. The first kappa shape index (κ1) is 11.6. The molecule has 0 bridgehead atoms. The van der Waals surface area contributed by atoms with Gasteiger partial charge < -0.3 is 9.84 Å². The van der Waals surface area contributed by atoms with Crippen molar-refractivity contribution in [2.75, 3.05) is 6.61 Å². The summed E-state index contributed by atoms with van der Waals surface area (Å²) in [4.78, 5) is 0. The van der Waals surface area contributed by atoms with Gasteiger partial charge in [-0.2, -0.15) is 0 Å². The summed E-state index contributed by atoms with van der Waals surface area (Å²) in [7, 11) is 0. The van der Waals surface area contributed by atoms with Gasteiger partial charge in [-0.3, -0.25) is 0 Å². The zero-order valence-electron chi connectivity index (χ0n) is 10.0. The topological polar surface area (TPSA) is 29.5 Å². The number of aliphatic hydroxyl groups excluding tert-OH is 1. The molecule has 3 unspecified atom stereocenters. The van der Waals surface area contributed by atoms with Crippen molar-refractivity contribution in [1.82, 2.24) is 0 Å². The third-order valence-corrected chi connectivity index (χ3v) is 3.46. The van der Waals surface area contributed by atoms with E-state index >= 15 is 0 Å². The third kappa shape index (κ3) is 2.28. The van der Waals surface area contributed by atoms with E-state index in [0.29, 0.717) is 5.92 Å². The SMILES string of the molecule is CCc1cccc(C(O)C2OCCC2C)c1. The average Bonchev–Trinajstić information content (AvgIpc) is 2.74. The van der Waals surface area contributed by atoms with E-state index in [1.807, 2.05) is 12.1 Å². The zero-order valence-corrected chi connectivity index (χ0v) is 10.0. The summed E-state index contributed by atoms with van der Waals surface area (Å²) in [5.41, 5.74) is 2.25. The van der Waals surface area contributed by atoms with Crippen LogP contribution in [0.25, 0.3) is 0 Å². The molecule has 88 valence electrons. The van der Waals surface area contributed by atoms with Crippen molar-refractivity contribution >= 4 is 0 Å². The van der Waals surface area contributed by atoms with E-state index in [-0.39, 0.29) is 6.10 Å². The lowest BCUT2D eigenvalue weighted by molar-refractivity contribution is -0.0178. The molecule has 1 fully saturated rings. The second kappa shape index (κ2) is 4.98. The standard InChI is InChI=1S/C14H20O2/c1-3-11-5-4-6-12(9-11)13(15)14-10(2)7-8-16-14/h4-6,9-10,13-15H,3,7-8H2,1-2H3. The van der Waals surface area contributed by atoms with Crippen molar-refractivity contribution in [2.45, 2.75) is 38.9 Å². The molecule has 2 heteroatoms. The van der Waals surface area contributed by atoms with Crippen molar-refractivity contribution in [3.63, 3.8) is 0 Å². The van der Waals surface area contributed by atoms with Gasteiger partial charge in [-0.25, -0.2) is 0 Å². The van der Waals surface area contributed by atoms with E-state index in [1.54, 1.807) is 0 Å². The second-order valence-corrected chi connectivity index (χ2v) is 4.64. The molecule has 0 spiro atoms. The van der Waals surface area contributed by atoms with Gasteiger partial charge in [0.1, 0.15) is 6.10 Å². The predicted molar refractivity (Wildman–Crippen MR) is 64.3 cm³/mol. The quantitative estimate of drug-likeness (QED) is 0.848. The molecular weight excluding hydrogens is 200 g/mol. The summed E-state index contributed by atoms with van der Waals surface area (Å²) in [6.07, 6.45) is 1.53. The summed E-state index contributed by atoms with van der Waals surface area (Å²) in [5, 5.41) is 10.3. The summed E-state index contributed by atoms with van der Waals surface area (Å²) in [5.74, 6) is 0.445. The molecule has 1 aromatic rings. The summed E-state index contributed by atoms with van der Waals surface area (Å²) < 4.78 is 5.60. The Morgan fingerprint density at radius 3 is 2.94 bits per heavy atom. The van der Waals surface area contributed by atoms with Gasteiger partial charge in [0, 0.05) is 6.61 Å². The Balaban J connectivity index is 2.16. The lowest BCUT2D eigenvalue weighted by Crippen LogP contribution is -2.23. The fraction of sp³-hybridized carbons (Fsp3) is 0.571. The number of aryl methyl sites for hydroxylation is 1. The van der Waals surface area contributed by atoms with Crippen LogP contribution in [0.15, 0.2) is 24.3 Å². The minimum absolute atomic E-state index is 0.0351. The van der Waals surface area contributed by atoms with Gasteiger partial charge in [-0.1, -0.05) is 38.1 Å². The molecule has 16 heavy (non-hydrogen) atoms. The first-order valence-electron chi connectivity index (χ1n) is 6.11. The van der Waals surface area contributed by atoms with Crippen LogP contribution >= 0.6 is 0 Å². The van der Waals surface area contributed by atoms with E-state index in [1.165, 1.54) is 5.56 Å². The molecule has 1 heterocycles. The fourth-order valence-corrected chi connectivity index (χ4v) is 2.31. The molecule has 1 N–H and O–H groups in total. The van der Waals surface area contributed by atoms with Gasteiger partial charge in [-0.05, 0) is 29.9 Å². The highest BCUT2D eigenvalue weighted by Crippen LogP contribution is 2.31. The molecular formula is C14H20O2. The third-order valence-electron chi connectivity index (χ3n) is 3.46. The zero-order chi connectivity index (χ0) is 11.5. The second-order valence-electron chi connectivity index (χ2n) is 4.64. The van der Waals surface area contributed by atoms with E-state index in [9.17, 15) is 5.11 Å². The number of hydrogen-bond acceptors (Lipinski definition) is 2. The first-order valence-corrected chi connectivity index (χ1v) is 6.11. The molecule has 2 rings (SSSR count). The summed E-state index contributed by atoms with van der Waals surface area (Å²) in [6, 6.07) is 8.17. The molecule has 0 aliphatic carbocycles. The largest absolute Gasteiger partial charge is 0.386 e. The summed E-state index contributed by atoms with van der Waals surface area (Å²) >= 11 is 0. The molecule has 0 aromatic heterocycles. The highest BCUT2D eigenvalue weighted by atomic mass is 16.5.